The zero-order valence-corrected chi connectivity index (χ0v) is 11.8. The van der Waals surface area contributed by atoms with E-state index in [9.17, 15) is 0 Å². The van der Waals surface area contributed by atoms with Gasteiger partial charge in [0.05, 0.1) is 0 Å². The summed E-state index contributed by atoms with van der Waals surface area (Å²) >= 11 is 0. The Morgan fingerprint density at radius 3 is 2.53 bits per heavy atom. The van der Waals surface area contributed by atoms with Crippen LogP contribution in [-0.2, 0) is 0 Å². The van der Waals surface area contributed by atoms with E-state index in [1.165, 1.54) is 44.9 Å². The molecule has 0 aliphatic heterocycles. The Labute approximate surface area is 107 Å². The molecule has 17 heavy (non-hydrogen) atoms. The third-order valence-electron chi connectivity index (χ3n) is 6.35. The van der Waals surface area contributed by atoms with Gasteiger partial charge in [0, 0.05) is 0 Å². The fourth-order valence-corrected chi connectivity index (χ4v) is 5.55. The van der Waals surface area contributed by atoms with Crippen LogP contribution in [0.15, 0.2) is 12.2 Å². The summed E-state index contributed by atoms with van der Waals surface area (Å²) in [5.41, 5.74) is 1.05. The Morgan fingerprint density at radius 2 is 1.71 bits per heavy atom. The molecule has 0 radical (unpaired) electrons. The van der Waals surface area contributed by atoms with Crippen molar-refractivity contribution in [2.75, 3.05) is 0 Å². The average molecular weight is 232 g/mol. The molecule has 0 nitrogen and oxygen atoms in total. The van der Waals surface area contributed by atoms with Crippen molar-refractivity contribution in [2.24, 2.45) is 28.6 Å². The number of hydrogen-bond acceptors (Lipinski definition) is 0. The monoisotopic (exact) mass is 232 g/mol. The standard InChI is InChI=1S/C17H28/c1-16(2)11-6-12-17(3)14-8-5-4-7-13(14)9-10-15(16)17/h6,12-15H,4-5,7-11H2,1-3H3/t13-,14+,15?,17-/m1/s1. The molecule has 0 aromatic rings. The predicted octanol–water partition coefficient (Wildman–Crippen LogP) is 5.20. The van der Waals surface area contributed by atoms with Crippen LogP contribution in [0.2, 0.25) is 0 Å². The third kappa shape index (κ3) is 1.71. The van der Waals surface area contributed by atoms with E-state index in [-0.39, 0.29) is 0 Å². The minimum atomic E-state index is 0.519. The maximum absolute atomic E-state index is 2.62. The van der Waals surface area contributed by atoms with E-state index < -0.39 is 0 Å². The van der Waals surface area contributed by atoms with Gasteiger partial charge in [0.1, 0.15) is 0 Å². The molecule has 0 N–H and O–H groups in total. The van der Waals surface area contributed by atoms with Crippen LogP contribution >= 0.6 is 0 Å². The van der Waals surface area contributed by atoms with Crippen molar-refractivity contribution >= 4 is 0 Å². The van der Waals surface area contributed by atoms with Crippen LogP contribution in [0.25, 0.3) is 0 Å². The number of allylic oxidation sites excluding steroid dienone is 2. The molecule has 0 aromatic carbocycles. The van der Waals surface area contributed by atoms with Gasteiger partial charge >= 0.3 is 0 Å². The van der Waals surface area contributed by atoms with E-state index in [4.69, 9.17) is 0 Å². The highest BCUT2D eigenvalue weighted by Gasteiger charge is 2.52. The van der Waals surface area contributed by atoms with Crippen LogP contribution in [0.5, 0.6) is 0 Å². The summed E-state index contributed by atoms with van der Waals surface area (Å²) in [4.78, 5) is 0. The van der Waals surface area contributed by atoms with Gasteiger partial charge in [-0.05, 0) is 54.3 Å². The molecule has 3 rings (SSSR count). The number of rotatable bonds is 0. The highest BCUT2D eigenvalue weighted by Crippen LogP contribution is 2.61. The van der Waals surface area contributed by atoms with Gasteiger partial charge in [0.25, 0.3) is 0 Å². The molecule has 2 fully saturated rings. The van der Waals surface area contributed by atoms with Gasteiger partial charge in [-0.2, -0.15) is 0 Å². The van der Waals surface area contributed by atoms with Crippen LogP contribution in [0.1, 0.15) is 65.7 Å². The Hall–Kier alpha value is -0.260. The predicted molar refractivity (Wildman–Crippen MR) is 73.8 cm³/mol. The van der Waals surface area contributed by atoms with Crippen molar-refractivity contribution in [1.29, 1.82) is 0 Å². The molecule has 2 saturated carbocycles. The second-order valence-electron chi connectivity index (χ2n) is 7.74. The molecule has 3 aliphatic carbocycles. The molecular formula is C17H28. The zero-order valence-electron chi connectivity index (χ0n) is 11.8. The van der Waals surface area contributed by atoms with Crippen molar-refractivity contribution in [2.45, 2.75) is 65.7 Å². The quantitative estimate of drug-likeness (QED) is 0.504. The van der Waals surface area contributed by atoms with Crippen molar-refractivity contribution in [3.05, 3.63) is 12.2 Å². The summed E-state index contributed by atoms with van der Waals surface area (Å²) in [7, 11) is 0. The Balaban J connectivity index is 1.96. The first kappa shape index (κ1) is 11.8. The van der Waals surface area contributed by atoms with Crippen LogP contribution in [0, 0.1) is 28.6 Å². The molecule has 0 aromatic heterocycles. The van der Waals surface area contributed by atoms with Crippen LogP contribution in [0.4, 0.5) is 0 Å². The zero-order chi connectivity index (χ0) is 12.1. The van der Waals surface area contributed by atoms with Gasteiger partial charge in [-0.15, -0.1) is 0 Å². The first-order valence-corrected chi connectivity index (χ1v) is 7.72. The molecule has 0 heteroatoms. The lowest BCUT2D eigenvalue weighted by atomic mass is 9.47. The number of fused-ring (bicyclic) bond motifs is 3. The van der Waals surface area contributed by atoms with Gasteiger partial charge in [-0.3, -0.25) is 0 Å². The minimum Gasteiger partial charge on any atom is -0.0874 e. The summed E-state index contributed by atoms with van der Waals surface area (Å²) in [6.45, 7) is 7.59. The summed E-state index contributed by atoms with van der Waals surface area (Å²) in [6.07, 6.45) is 15.4. The van der Waals surface area contributed by atoms with Crippen molar-refractivity contribution in [3.8, 4) is 0 Å². The fraction of sp³-hybridized carbons (Fsp3) is 0.882. The van der Waals surface area contributed by atoms with Crippen LogP contribution in [-0.4, -0.2) is 0 Å². The van der Waals surface area contributed by atoms with Crippen LogP contribution in [0.3, 0.4) is 0 Å². The van der Waals surface area contributed by atoms with E-state index in [1.807, 2.05) is 0 Å². The average Bonchev–Trinajstić information content (AvgIpc) is 2.28. The summed E-state index contributed by atoms with van der Waals surface area (Å²) in [5, 5.41) is 0. The Kier molecular flexibility index (Phi) is 2.69. The SMILES string of the molecule is CC1(C)CC=C[C@@]2(C)C1CC[C@H]1CCCC[C@@H]12. The smallest absolute Gasteiger partial charge is 0.00822 e. The molecule has 0 amide bonds. The normalized spacial score (nSPS) is 48.3. The lowest BCUT2D eigenvalue weighted by Gasteiger charge is -2.58. The van der Waals surface area contributed by atoms with E-state index in [1.54, 1.807) is 0 Å². The lowest BCUT2D eigenvalue weighted by Crippen LogP contribution is -2.50. The van der Waals surface area contributed by atoms with Crippen LogP contribution < -0.4 is 0 Å². The first-order valence-electron chi connectivity index (χ1n) is 7.72. The highest BCUT2D eigenvalue weighted by molar-refractivity contribution is 5.15. The molecule has 4 atom stereocenters. The largest absolute Gasteiger partial charge is 0.0874 e. The fourth-order valence-electron chi connectivity index (χ4n) is 5.55. The maximum atomic E-state index is 2.62. The van der Waals surface area contributed by atoms with Crippen molar-refractivity contribution in [3.63, 3.8) is 0 Å². The molecular weight excluding hydrogens is 204 g/mol. The molecule has 3 aliphatic rings. The third-order valence-corrected chi connectivity index (χ3v) is 6.35. The number of hydrogen-bond donors (Lipinski definition) is 0. The van der Waals surface area contributed by atoms with E-state index in [0.29, 0.717) is 10.8 Å². The van der Waals surface area contributed by atoms with Gasteiger partial charge in [-0.1, -0.05) is 52.2 Å². The molecule has 1 unspecified atom stereocenters. The Morgan fingerprint density at radius 1 is 0.941 bits per heavy atom. The lowest BCUT2D eigenvalue weighted by molar-refractivity contribution is -0.0518. The molecule has 0 saturated heterocycles. The minimum absolute atomic E-state index is 0.519. The van der Waals surface area contributed by atoms with Gasteiger partial charge in [-0.25, -0.2) is 0 Å². The summed E-state index contributed by atoms with van der Waals surface area (Å²) in [6, 6.07) is 0. The van der Waals surface area contributed by atoms with Crippen molar-refractivity contribution in [1.82, 2.24) is 0 Å². The maximum Gasteiger partial charge on any atom is -0.00822 e. The second kappa shape index (κ2) is 3.87. The van der Waals surface area contributed by atoms with E-state index in [2.05, 4.69) is 32.9 Å². The second-order valence-corrected chi connectivity index (χ2v) is 7.74. The van der Waals surface area contributed by atoms with E-state index in [0.717, 1.165) is 17.8 Å². The topological polar surface area (TPSA) is 0 Å². The van der Waals surface area contributed by atoms with Gasteiger partial charge < -0.3 is 0 Å². The summed E-state index contributed by atoms with van der Waals surface area (Å²) in [5.74, 6) is 2.97. The molecule has 0 heterocycles. The Bertz CT molecular complexity index is 325. The highest BCUT2D eigenvalue weighted by atomic mass is 14.6. The molecule has 96 valence electrons. The van der Waals surface area contributed by atoms with Crippen molar-refractivity contribution < 1.29 is 0 Å². The van der Waals surface area contributed by atoms with E-state index >= 15 is 0 Å². The van der Waals surface area contributed by atoms with Gasteiger partial charge in [0.2, 0.25) is 0 Å². The molecule has 0 spiro atoms. The first-order chi connectivity index (χ1) is 8.04. The summed E-state index contributed by atoms with van der Waals surface area (Å²) < 4.78 is 0. The van der Waals surface area contributed by atoms with Gasteiger partial charge in [0.15, 0.2) is 0 Å². The molecule has 0 bridgehead atoms.